The maximum absolute atomic E-state index is 12.1. The summed E-state index contributed by atoms with van der Waals surface area (Å²) in [5.41, 5.74) is 3.88. The van der Waals surface area contributed by atoms with Crippen LogP contribution in [0.2, 0.25) is 0 Å². The second kappa shape index (κ2) is 7.04. The summed E-state index contributed by atoms with van der Waals surface area (Å²) in [6.07, 6.45) is 6.75. The number of hydrogen-bond donors (Lipinski definition) is 2. The van der Waals surface area contributed by atoms with Crippen molar-refractivity contribution in [2.75, 3.05) is 13.1 Å². The van der Waals surface area contributed by atoms with Crippen LogP contribution in [0.3, 0.4) is 0 Å². The molecule has 4 heteroatoms. The first kappa shape index (κ1) is 14.5. The van der Waals surface area contributed by atoms with Gasteiger partial charge in [0.25, 0.3) is 0 Å². The van der Waals surface area contributed by atoms with Gasteiger partial charge in [0.1, 0.15) is 0 Å². The Balaban J connectivity index is 1.81. The van der Waals surface area contributed by atoms with E-state index in [0.717, 1.165) is 44.5 Å². The number of piperidine rings is 1. The predicted molar refractivity (Wildman–Crippen MR) is 78.0 cm³/mol. The van der Waals surface area contributed by atoms with Crippen molar-refractivity contribution in [2.45, 2.75) is 52.4 Å². The van der Waals surface area contributed by atoms with Gasteiger partial charge in [-0.1, -0.05) is 19.8 Å². The number of nitrogens with one attached hydrogen (secondary N) is 2. The second-order valence-corrected chi connectivity index (χ2v) is 6.22. The van der Waals surface area contributed by atoms with Gasteiger partial charge in [-0.15, -0.1) is 0 Å². The minimum Gasteiger partial charge on any atom is -0.317 e. The highest BCUT2D eigenvalue weighted by Gasteiger charge is 2.25. The fourth-order valence-corrected chi connectivity index (χ4v) is 3.24. The van der Waals surface area contributed by atoms with Crippen molar-refractivity contribution < 1.29 is 4.79 Å². The van der Waals surface area contributed by atoms with Gasteiger partial charge in [-0.25, -0.2) is 5.43 Å². The molecule has 0 radical (unpaired) electrons. The number of hydrazone groups is 1. The molecule has 0 aromatic carbocycles. The molecule has 2 N–H and O–H groups in total. The normalized spacial score (nSPS) is 30.1. The molecule has 1 aliphatic heterocycles. The molecule has 0 bridgehead atoms. The molecule has 1 amide bonds. The van der Waals surface area contributed by atoms with Gasteiger partial charge in [0.2, 0.25) is 5.91 Å². The summed E-state index contributed by atoms with van der Waals surface area (Å²) < 4.78 is 0. The smallest absolute Gasteiger partial charge is 0.243 e. The zero-order valence-corrected chi connectivity index (χ0v) is 12.2. The topological polar surface area (TPSA) is 53.5 Å². The van der Waals surface area contributed by atoms with E-state index in [4.69, 9.17) is 0 Å². The number of amides is 1. The minimum absolute atomic E-state index is 0.125. The van der Waals surface area contributed by atoms with Crippen LogP contribution in [0.15, 0.2) is 5.10 Å². The average Bonchev–Trinajstić information content (AvgIpc) is 2.45. The van der Waals surface area contributed by atoms with E-state index in [2.05, 4.69) is 22.8 Å². The molecule has 19 heavy (non-hydrogen) atoms. The Hall–Kier alpha value is -0.900. The number of rotatable bonds is 3. The molecule has 1 heterocycles. The highest BCUT2D eigenvalue weighted by atomic mass is 16.2. The van der Waals surface area contributed by atoms with Gasteiger partial charge in [0, 0.05) is 17.5 Å². The lowest BCUT2D eigenvalue weighted by Gasteiger charge is -2.25. The van der Waals surface area contributed by atoms with Crippen molar-refractivity contribution in [1.82, 2.24) is 10.7 Å². The van der Waals surface area contributed by atoms with Gasteiger partial charge in [-0.05, 0) is 51.6 Å². The summed E-state index contributed by atoms with van der Waals surface area (Å²) in [6.45, 7) is 6.40. The Morgan fingerprint density at radius 3 is 2.58 bits per heavy atom. The van der Waals surface area contributed by atoms with Gasteiger partial charge in [0.15, 0.2) is 0 Å². The van der Waals surface area contributed by atoms with Crippen LogP contribution in [-0.4, -0.2) is 24.7 Å². The summed E-state index contributed by atoms with van der Waals surface area (Å²) in [4.78, 5) is 12.1. The van der Waals surface area contributed by atoms with Crippen LogP contribution in [-0.2, 0) is 4.79 Å². The first-order chi connectivity index (χ1) is 9.16. The standard InChI is InChI=1S/C15H27N3O/c1-11-4-3-5-14(10-11)15(19)18-17-12(2)13-6-8-16-9-7-13/h11,13-14,16H,3-10H2,1-2H3,(H,18,19)/b17-12+. The molecule has 2 atom stereocenters. The van der Waals surface area contributed by atoms with E-state index >= 15 is 0 Å². The SMILES string of the molecule is C/C(=N\NC(=O)C1CCCC(C)C1)C1CCNCC1. The van der Waals surface area contributed by atoms with Crippen molar-refractivity contribution in [3.05, 3.63) is 0 Å². The number of nitrogens with zero attached hydrogens (tertiary/aromatic N) is 1. The highest BCUT2D eigenvalue weighted by molar-refractivity contribution is 5.86. The van der Waals surface area contributed by atoms with Crippen LogP contribution in [0.25, 0.3) is 0 Å². The van der Waals surface area contributed by atoms with Gasteiger partial charge < -0.3 is 5.32 Å². The van der Waals surface area contributed by atoms with Crippen LogP contribution in [0.1, 0.15) is 52.4 Å². The molecule has 2 fully saturated rings. The van der Waals surface area contributed by atoms with Crippen LogP contribution in [0.5, 0.6) is 0 Å². The molecule has 108 valence electrons. The van der Waals surface area contributed by atoms with Crippen molar-refractivity contribution in [1.29, 1.82) is 0 Å². The molecular formula is C15H27N3O. The fourth-order valence-electron chi connectivity index (χ4n) is 3.24. The first-order valence-corrected chi connectivity index (χ1v) is 7.71. The fraction of sp³-hybridized carbons (Fsp3) is 0.867. The number of hydrogen-bond acceptors (Lipinski definition) is 3. The van der Waals surface area contributed by atoms with E-state index in [9.17, 15) is 4.79 Å². The van der Waals surface area contributed by atoms with Crippen molar-refractivity contribution in [3.63, 3.8) is 0 Å². The van der Waals surface area contributed by atoms with Gasteiger partial charge >= 0.3 is 0 Å². The third kappa shape index (κ3) is 4.30. The maximum atomic E-state index is 12.1. The zero-order valence-electron chi connectivity index (χ0n) is 12.2. The predicted octanol–water partition coefficient (Wildman–Crippen LogP) is 2.30. The third-order valence-corrected chi connectivity index (χ3v) is 4.58. The lowest BCUT2D eigenvalue weighted by molar-refractivity contribution is -0.126. The molecule has 2 aliphatic rings. The van der Waals surface area contributed by atoms with Gasteiger partial charge in [-0.3, -0.25) is 4.79 Å². The van der Waals surface area contributed by atoms with Gasteiger partial charge in [0.05, 0.1) is 0 Å². The van der Waals surface area contributed by atoms with Crippen LogP contribution in [0.4, 0.5) is 0 Å². The second-order valence-electron chi connectivity index (χ2n) is 6.22. The van der Waals surface area contributed by atoms with E-state index in [1.807, 2.05) is 6.92 Å². The Labute approximate surface area is 116 Å². The molecule has 1 aliphatic carbocycles. The van der Waals surface area contributed by atoms with Crippen molar-refractivity contribution >= 4 is 11.6 Å². The molecule has 0 aromatic heterocycles. The summed E-state index contributed by atoms with van der Waals surface area (Å²) in [6, 6.07) is 0. The third-order valence-electron chi connectivity index (χ3n) is 4.58. The average molecular weight is 265 g/mol. The lowest BCUT2D eigenvalue weighted by Crippen LogP contribution is -2.34. The van der Waals surface area contributed by atoms with Crippen LogP contribution < -0.4 is 10.7 Å². The maximum Gasteiger partial charge on any atom is 0.243 e. The summed E-state index contributed by atoms with van der Waals surface area (Å²) in [5, 5.41) is 7.69. The molecule has 2 unspecified atom stereocenters. The summed E-state index contributed by atoms with van der Waals surface area (Å²) in [7, 11) is 0. The molecule has 0 aromatic rings. The largest absolute Gasteiger partial charge is 0.317 e. The minimum atomic E-state index is 0.125. The Morgan fingerprint density at radius 1 is 1.16 bits per heavy atom. The molecular weight excluding hydrogens is 238 g/mol. The number of carbonyl (C=O) groups is 1. The quantitative estimate of drug-likeness (QED) is 0.608. The van der Waals surface area contributed by atoms with Crippen LogP contribution >= 0.6 is 0 Å². The van der Waals surface area contributed by atoms with E-state index in [1.165, 1.54) is 12.8 Å². The molecule has 1 saturated carbocycles. The van der Waals surface area contributed by atoms with Crippen molar-refractivity contribution in [3.8, 4) is 0 Å². The van der Waals surface area contributed by atoms with Crippen molar-refractivity contribution in [2.24, 2.45) is 22.9 Å². The monoisotopic (exact) mass is 265 g/mol. The Bertz CT molecular complexity index is 334. The van der Waals surface area contributed by atoms with E-state index in [-0.39, 0.29) is 11.8 Å². The molecule has 1 saturated heterocycles. The van der Waals surface area contributed by atoms with E-state index in [1.54, 1.807) is 0 Å². The summed E-state index contributed by atoms with van der Waals surface area (Å²) in [5.74, 6) is 1.51. The van der Waals surface area contributed by atoms with E-state index in [0.29, 0.717) is 11.8 Å². The van der Waals surface area contributed by atoms with Gasteiger partial charge in [-0.2, -0.15) is 5.10 Å². The Morgan fingerprint density at radius 2 is 1.89 bits per heavy atom. The van der Waals surface area contributed by atoms with Crippen LogP contribution in [0, 0.1) is 17.8 Å². The molecule has 0 spiro atoms. The first-order valence-electron chi connectivity index (χ1n) is 7.71. The van der Waals surface area contributed by atoms with E-state index < -0.39 is 0 Å². The highest BCUT2D eigenvalue weighted by Crippen LogP contribution is 2.28. The Kier molecular flexibility index (Phi) is 5.37. The molecule has 2 rings (SSSR count). The zero-order chi connectivity index (χ0) is 13.7. The molecule has 4 nitrogen and oxygen atoms in total. The lowest BCUT2D eigenvalue weighted by atomic mass is 9.82. The number of carbonyl (C=O) groups excluding carboxylic acids is 1. The summed E-state index contributed by atoms with van der Waals surface area (Å²) >= 11 is 0.